The summed E-state index contributed by atoms with van der Waals surface area (Å²) in [6, 6.07) is 0. The van der Waals surface area contributed by atoms with Crippen LogP contribution in [-0.4, -0.2) is 5.78 Å². The van der Waals surface area contributed by atoms with Crippen molar-refractivity contribution in [2.75, 3.05) is 0 Å². The van der Waals surface area contributed by atoms with E-state index in [0.717, 1.165) is 12.3 Å². The van der Waals surface area contributed by atoms with E-state index >= 15 is 0 Å². The molecule has 0 bridgehead atoms. The van der Waals surface area contributed by atoms with Crippen molar-refractivity contribution in [3.05, 3.63) is 11.6 Å². The van der Waals surface area contributed by atoms with E-state index in [4.69, 9.17) is 0 Å². The summed E-state index contributed by atoms with van der Waals surface area (Å²) in [6.07, 6.45) is 8.41. The van der Waals surface area contributed by atoms with Gasteiger partial charge in [0.2, 0.25) is 0 Å². The van der Waals surface area contributed by atoms with Crippen molar-refractivity contribution in [2.24, 2.45) is 17.3 Å². The van der Waals surface area contributed by atoms with Gasteiger partial charge < -0.3 is 0 Å². The van der Waals surface area contributed by atoms with Crippen molar-refractivity contribution in [2.45, 2.75) is 39.0 Å². The average Bonchev–Trinajstić information content (AvgIpc) is 2.65. The lowest BCUT2D eigenvalue weighted by Crippen LogP contribution is -2.26. The van der Waals surface area contributed by atoms with Crippen LogP contribution < -0.4 is 0 Å². The average molecular weight is 176 g/mol. The zero-order valence-electron chi connectivity index (χ0n) is 8.18. The molecule has 0 aromatic heterocycles. The molecule has 3 unspecified atom stereocenters. The van der Waals surface area contributed by atoms with E-state index in [1.807, 2.05) is 0 Å². The van der Waals surface area contributed by atoms with Crippen LogP contribution in [0.1, 0.15) is 39.0 Å². The van der Waals surface area contributed by atoms with Crippen molar-refractivity contribution in [1.29, 1.82) is 0 Å². The van der Waals surface area contributed by atoms with Crippen LogP contribution in [0.5, 0.6) is 0 Å². The Morgan fingerprint density at radius 1 is 1.46 bits per heavy atom. The number of allylic oxidation sites excluding steroid dienone is 2. The maximum absolute atomic E-state index is 11.8. The molecule has 0 N–H and O–H groups in total. The van der Waals surface area contributed by atoms with Crippen LogP contribution in [0, 0.1) is 17.3 Å². The Hall–Kier alpha value is -0.590. The SMILES string of the molecule is CC1=CC2CCCC23CCC(=O)C13. The maximum Gasteiger partial charge on any atom is 0.140 e. The quantitative estimate of drug-likeness (QED) is 0.519. The fourth-order valence-electron chi connectivity index (χ4n) is 4.13. The number of Topliss-reactive ketones (excluding diaryl/α,β-unsaturated/α-hetero) is 1. The Balaban J connectivity index is 2.09. The van der Waals surface area contributed by atoms with E-state index in [1.165, 1.54) is 31.3 Å². The second-order valence-corrected chi connectivity index (χ2v) is 5.04. The number of rotatable bonds is 0. The first-order valence-electron chi connectivity index (χ1n) is 5.45. The Morgan fingerprint density at radius 3 is 3.15 bits per heavy atom. The predicted molar refractivity (Wildman–Crippen MR) is 51.3 cm³/mol. The fraction of sp³-hybridized carbons (Fsp3) is 0.750. The number of carbonyl (C=O) groups excluding carboxylic acids is 1. The monoisotopic (exact) mass is 176 g/mol. The molecule has 0 aromatic carbocycles. The van der Waals surface area contributed by atoms with E-state index in [2.05, 4.69) is 13.0 Å². The van der Waals surface area contributed by atoms with Gasteiger partial charge in [-0.3, -0.25) is 4.79 Å². The zero-order chi connectivity index (χ0) is 9.05. The largest absolute Gasteiger partial charge is 0.299 e. The molecular weight excluding hydrogens is 160 g/mol. The van der Waals surface area contributed by atoms with Crippen LogP contribution in [0.4, 0.5) is 0 Å². The third kappa shape index (κ3) is 0.762. The van der Waals surface area contributed by atoms with E-state index in [1.54, 1.807) is 0 Å². The topological polar surface area (TPSA) is 17.1 Å². The normalized spacial score (nSPS) is 47.8. The summed E-state index contributed by atoms with van der Waals surface area (Å²) in [7, 11) is 0. The lowest BCUT2D eigenvalue weighted by atomic mass is 9.73. The number of ketones is 1. The van der Waals surface area contributed by atoms with Gasteiger partial charge in [-0.1, -0.05) is 18.1 Å². The summed E-state index contributed by atoms with van der Waals surface area (Å²) in [4.78, 5) is 11.8. The highest BCUT2D eigenvalue weighted by Crippen LogP contribution is 2.62. The van der Waals surface area contributed by atoms with Crippen LogP contribution in [0.2, 0.25) is 0 Å². The highest BCUT2D eigenvalue weighted by Gasteiger charge is 2.57. The zero-order valence-corrected chi connectivity index (χ0v) is 8.18. The molecule has 2 fully saturated rings. The number of carbonyl (C=O) groups is 1. The third-order valence-corrected chi connectivity index (χ3v) is 4.55. The molecule has 3 rings (SSSR count). The highest BCUT2D eigenvalue weighted by atomic mass is 16.1. The highest BCUT2D eigenvalue weighted by molar-refractivity contribution is 5.88. The van der Waals surface area contributed by atoms with Crippen LogP contribution in [0.25, 0.3) is 0 Å². The van der Waals surface area contributed by atoms with Gasteiger partial charge in [0.25, 0.3) is 0 Å². The molecule has 3 aliphatic carbocycles. The molecule has 2 saturated carbocycles. The molecule has 1 heteroatoms. The van der Waals surface area contributed by atoms with Crippen molar-refractivity contribution < 1.29 is 4.79 Å². The first-order chi connectivity index (χ1) is 6.24. The molecule has 0 aromatic rings. The van der Waals surface area contributed by atoms with Crippen LogP contribution >= 0.6 is 0 Å². The molecule has 1 nitrogen and oxygen atoms in total. The summed E-state index contributed by atoms with van der Waals surface area (Å²) in [5.74, 6) is 1.61. The second-order valence-electron chi connectivity index (χ2n) is 5.04. The van der Waals surface area contributed by atoms with Gasteiger partial charge in [0, 0.05) is 12.3 Å². The van der Waals surface area contributed by atoms with Crippen molar-refractivity contribution in [1.82, 2.24) is 0 Å². The number of hydrogen-bond acceptors (Lipinski definition) is 1. The number of hydrogen-bond donors (Lipinski definition) is 0. The molecule has 0 aliphatic heterocycles. The lowest BCUT2D eigenvalue weighted by molar-refractivity contribution is -0.120. The Bertz CT molecular complexity index is 302. The third-order valence-electron chi connectivity index (χ3n) is 4.55. The predicted octanol–water partition coefficient (Wildman–Crippen LogP) is 2.71. The summed E-state index contributed by atoms with van der Waals surface area (Å²) in [5, 5.41) is 0. The van der Waals surface area contributed by atoms with Crippen LogP contribution in [0.15, 0.2) is 11.6 Å². The molecule has 0 heterocycles. The second kappa shape index (κ2) is 2.26. The minimum Gasteiger partial charge on any atom is -0.299 e. The smallest absolute Gasteiger partial charge is 0.140 e. The van der Waals surface area contributed by atoms with E-state index in [0.29, 0.717) is 17.1 Å². The molecule has 3 atom stereocenters. The van der Waals surface area contributed by atoms with Gasteiger partial charge in [0.1, 0.15) is 5.78 Å². The summed E-state index contributed by atoms with van der Waals surface area (Å²) in [5.41, 5.74) is 1.80. The van der Waals surface area contributed by atoms with Gasteiger partial charge in [-0.15, -0.1) is 0 Å². The first kappa shape index (κ1) is 7.78. The van der Waals surface area contributed by atoms with Crippen LogP contribution in [-0.2, 0) is 4.79 Å². The van der Waals surface area contributed by atoms with Gasteiger partial charge in [-0.05, 0) is 37.5 Å². The van der Waals surface area contributed by atoms with Gasteiger partial charge in [-0.25, -0.2) is 0 Å². The molecule has 70 valence electrons. The van der Waals surface area contributed by atoms with E-state index in [-0.39, 0.29) is 0 Å². The van der Waals surface area contributed by atoms with Gasteiger partial charge >= 0.3 is 0 Å². The van der Waals surface area contributed by atoms with Crippen molar-refractivity contribution >= 4 is 5.78 Å². The maximum atomic E-state index is 11.8. The van der Waals surface area contributed by atoms with E-state index < -0.39 is 0 Å². The van der Waals surface area contributed by atoms with Crippen molar-refractivity contribution in [3.8, 4) is 0 Å². The fourth-order valence-corrected chi connectivity index (χ4v) is 4.13. The Labute approximate surface area is 79.2 Å². The molecule has 0 saturated heterocycles. The molecule has 3 aliphatic rings. The molecule has 0 radical (unpaired) electrons. The van der Waals surface area contributed by atoms with Gasteiger partial charge in [0.05, 0.1) is 0 Å². The summed E-state index contributed by atoms with van der Waals surface area (Å²) < 4.78 is 0. The first-order valence-corrected chi connectivity index (χ1v) is 5.45. The van der Waals surface area contributed by atoms with Crippen LogP contribution in [0.3, 0.4) is 0 Å². The standard InChI is InChI=1S/C12H16O/c1-8-7-9-3-2-5-12(9)6-4-10(13)11(8)12/h7,9,11H,2-6H2,1H3. The molecule has 13 heavy (non-hydrogen) atoms. The Kier molecular flexibility index (Phi) is 1.35. The lowest BCUT2D eigenvalue weighted by Gasteiger charge is -2.29. The van der Waals surface area contributed by atoms with Crippen molar-refractivity contribution in [3.63, 3.8) is 0 Å². The minimum absolute atomic E-state index is 0.333. The summed E-state index contributed by atoms with van der Waals surface area (Å²) >= 11 is 0. The Morgan fingerprint density at radius 2 is 2.31 bits per heavy atom. The van der Waals surface area contributed by atoms with Gasteiger partial charge in [0.15, 0.2) is 0 Å². The minimum atomic E-state index is 0.333. The summed E-state index contributed by atoms with van der Waals surface area (Å²) in [6.45, 7) is 2.16. The molecular formula is C12H16O. The van der Waals surface area contributed by atoms with E-state index in [9.17, 15) is 4.79 Å². The molecule has 0 amide bonds. The van der Waals surface area contributed by atoms with Gasteiger partial charge in [-0.2, -0.15) is 0 Å². The molecule has 1 spiro atoms.